The molecule has 4 heterocycles. The number of amides is 3. The van der Waals surface area contributed by atoms with Gasteiger partial charge in [0.05, 0.1) is 37.1 Å². The molecule has 1 N–H and O–H groups in total. The van der Waals surface area contributed by atoms with Crippen LogP contribution in [0.1, 0.15) is 11.6 Å². The number of nitrogens with zero attached hydrogens (tertiary/aromatic N) is 3. The zero-order valence-corrected chi connectivity index (χ0v) is 16.0. The van der Waals surface area contributed by atoms with Crippen molar-refractivity contribution in [2.45, 2.75) is 6.04 Å². The van der Waals surface area contributed by atoms with Crippen molar-refractivity contribution in [1.29, 1.82) is 0 Å². The molecule has 3 aliphatic rings. The highest BCUT2D eigenvalue weighted by Gasteiger charge is 2.43. The lowest BCUT2D eigenvalue weighted by Crippen LogP contribution is -2.47. The lowest BCUT2D eigenvalue weighted by atomic mass is 9.98. The maximum Gasteiger partial charge on any atom is 0.322 e. The smallest absolute Gasteiger partial charge is 0.322 e. The van der Waals surface area contributed by atoms with E-state index >= 15 is 0 Å². The molecule has 0 saturated carbocycles. The topological polar surface area (TPSA) is 65.1 Å². The highest BCUT2D eigenvalue weighted by Crippen LogP contribution is 2.36. The highest BCUT2D eigenvalue weighted by molar-refractivity contribution is 7.08. The predicted molar refractivity (Wildman–Crippen MR) is 103 cm³/mol. The number of nitrogens with one attached hydrogen (secondary N) is 1. The monoisotopic (exact) mass is 388 g/mol. The minimum Gasteiger partial charge on any atom is -0.379 e. The molecule has 7 nitrogen and oxygen atoms in total. The number of carbonyl (C=O) groups is 2. The van der Waals surface area contributed by atoms with Crippen LogP contribution in [0.5, 0.6) is 0 Å². The molecule has 1 unspecified atom stereocenters. The number of ether oxygens (including phenoxy) is 1. The van der Waals surface area contributed by atoms with Crippen LogP contribution in [-0.4, -0.2) is 79.1 Å². The zero-order chi connectivity index (χ0) is 18.8. The van der Waals surface area contributed by atoms with Gasteiger partial charge in [0, 0.05) is 32.7 Å². The number of morpholine rings is 1. The van der Waals surface area contributed by atoms with Crippen molar-refractivity contribution < 1.29 is 14.3 Å². The van der Waals surface area contributed by atoms with E-state index in [1.807, 2.05) is 21.7 Å². The van der Waals surface area contributed by atoms with Gasteiger partial charge in [-0.25, -0.2) is 4.79 Å². The molecule has 0 radical (unpaired) electrons. The number of thiophene rings is 1. The van der Waals surface area contributed by atoms with Crippen molar-refractivity contribution >= 4 is 23.3 Å². The van der Waals surface area contributed by atoms with E-state index in [9.17, 15) is 9.59 Å². The van der Waals surface area contributed by atoms with Gasteiger partial charge in [0.2, 0.25) is 0 Å². The minimum absolute atomic E-state index is 0.0171. The van der Waals surface area contributed by atoms with E-state index in [1.165, 1.54) is 0 Å². The van der Waals surface area contributed by atoms with Gasteiger partial charge in [0.1, 0.15) is 0 Å². The Morgan fingerprint density at radius 3 is 2.81 bits per heavy atom. The van der Waals surface area contributed by atoms with Gasteiger partial charge in [-0.2, -0.15) is 11.3 Å². The Morgan fingerprint density at radius 1 is 1.30 bits per heavy atom. The van der Waals surface area contributed by atoms with Gasteiger partial charge in [-0.3, -0.25) is 14.6 Å². The second kappa shape index (κ2) is 7.84. The van der Waals surface area contributed by atoms with Crippen molar-refractivity contribution in [3.63, 3.8) is 0 Å². The average Bonchev–Trinajstić information content (AvgIpc) is 3.32. The summed E-state index contributed by atoms with van der Waals surface area (Å²) in [4.78, 5) is 31.6. The Labute approximate surface area is 162 Å². The quantitative estimate of drug-likeness (QED) is 0.749. The Bertz CT molecular complexity index is 755. The fourth-order valence-electron chi connectivity index (χ4n) is 3.83. The molecular weight excluding hydrogens is 364 g/mol. The number of carbonyl (C=O) groups excluding carboxylic acids is 2. The summed E-state index contributed by atoms with van der Waals surface area (Å²) in [7, 11) is 0. The second-order valence-corrected chi connectivity index (χ2v) is 7.66. The molecular formula is C19H24N4O3S. The largest absolute Gasteiger partial charge is 0.379 e. The summed E-state index contributed by atoms with van der Waals surface area (Å²) in [6, 6.07) is 1.42. The molecule has 27 heavy (non-hydrogen) atoms. The summed E-state index contributed by atoms with van der Waals surface area (Å²) in [5.74, 6) is 0.0171. The SMILES string of the molecule is C=CCN1C(=O)NC(c2ccsc2)C2=C1CN(CCN1CCOCC1)C2=O. The van der Waals surface area contributed by atoms with Crippen LogP contribution in [-0.2, 0) is 9.53 Å². The van der Waals surface area contributed by atoms with Crippen LogP contribution in [0.3, 0.4) is 0 Å². The number of rotatable bonds is 6. The van der Waals surface area contributed by atoms with Gasteiger partial charge in [-0.15, -0.1) is 6.58 Å². The maximum atomic E-state index is 13.2. The third-order valence-electron chi connectivity index (χ3n) is 5.27. The van der Waals surface area contributed by atoms with Crippen LogP contribution in [0.25, 0.3) is 0 Å². The summed E-state index contributed by atoms with van der Waals surface area (Å²) in [6.07, 6.45) is 1.69. The number of hydrogen-bond acceptors (Lipinski definition) is 5. The van der Waals surface area contributed by atoms with Gasteiger partial charge < -0.3 is 15.0 Å². The molecule has 0 aromatic carbocycles. The molecule has 144 valence electrons. The first-order valence-corrected chi connectivity index (χ1v) is 10.2. The fraction of sp³-hybridized carbons (Fsp3) is 0.474. The molecule has 0 aliphatic carbocycles. The van der Waals surface area contributed by atoms with Crippen LogP contribution in [0.15, 0.2) is 40.8 Å². The van der Waals surface area contributed by atoms with Crippen LogP contribution >= 0.6 is 11.3 Å². The van der Waals surface area contributed by atoms with Crippen molar-refractivity contribution in [2.75, 3.05) is 52.5 Å². The van der Waals surface area contributed by atoms with Gasteiger partial charge in [0.25, 0.3) is 5.91 Å². The Kier molecular flexibility index (Phi) is 5.29. The summed E-state index contributed by atoms with van der Waals surface area (Å²) >= 11 is 1.56. The Hall–Kier alpha value is -2.16. The van der Waals surface area contributed by atoms with Crippen molar-refractivity contribution in [2.24, 2.45) is 0 Å². The molecule has 1 fully saturated rings. The molecule has 0 spiro atoms. The lowest BCUT2D eigenvalue weighted by Gasteiger charge is -2.32. The van der Waals surface area contributed by atoms with Crippen LogP contribution in [0.4, 0.5) is 4.79 Å². The van der Waals surface area contributed by atoms with E-state index in [0.29, 0.717) is 25.2 Å². The van der Waals surface area contributed by atoms with Gasteiger partial charge >= 0.3 is 6.03 Å². The Balaban J connectivity index is 1.55. The normalized spacial score (nSPS) is 23.6. The third kappa shape index (κ3) is 3.52. The molecule has 8 heteroatoms. The van der Waals surface area contributed by atoms with Crippen molar-refractivity contribution in [1.82, 2.24) is 20.0 Å². The standard InChI is InChI=1S/C19H24N4O3S/c1-2-4-23-15-12-22(6-5-21-7-9-26-10-8-21)18(24)16(15)17(20-19(23)25)14-3-11-27-13-14/h2-3,11,13,17H,1,4-10,12H2,(H,20,25). The minimum atomic E-state index is -0.374. The van der Waals surface area contributed by atoms with E-state index in [-0.39, 0.29) is 18.0 Å². The third-order valence-corrected chi connectivity index (χ3v) is 5.98. The van der Waals surface area contributed by atoms with E-state index < -0.39 is 0 Å². The maximum absolute atomic E-state index is 13.2. The second-order valence-electron chi connectivity index (χ2n) is 6.88. The van der Waals surface area contributed by atoms with Crippen LogP contribution in [0, 0.1) is 0 Å². The number of hydrogen-bond donors (Lipinski definition) is 1. The fourth-order valence-corrected chi connectivity index (χ4v) is 4.51. The van der Waals surface area contributed by atoms with E-state index in [0.717, 1.165) is 44.1 Å². The highest BCUT2D eigenvalue weighted by atomic mass is 32.1. The van der Waals surface area contributed by atoms with E-state index in [1.54, 1.807) is 22.3 Å². The predicted octanol–water partition coefficient (Wildman–Crippen LogP) is 1.43. The summed E-state index contributed by atoms with van der Waals surface area (Å²) in [5.41, 5.74) is 2.46. The summed E-state index contributed by atoms with van der Waals surface area (Å²) in [5, 5.41) is 6.95. The van der Waals surface area contributed by atoms with Crippen molar-refractivity contribution in [3.8, 4) is 0 Å². The molecule has 1 aromatic heterocycles. The first kappa shape index (κ1) is 18.2. The summed E-state index contributed by atoms with van der Waals surface area (Å²) < 4.78 is 5.39. The first-order valence-electron chi connectivity index (χ1n) is 9.22. The average molecular weight is 388 g/mol. The molecule has 1 aromatic rings. The van der Waals surface area contributed by atoms with Crippen molar-refractivity contribution in [3.05, 3.63) is 46.3 Å². The zero-order valence-electron chi connectivity index (χ0n) is 15.2. The first-order chi connectivity index (χ1) is 13.2. The van der Waals surface area contributed by atoms with Gasteiger partial charge in [-0.05, 0) is 22.4 Å². The van der Waals surface area contributed by atoms with Gasteiger partial charge in [-0.1, -0.05) is 6.08 Å². The van der Waals surface area contributed by atoms with Crippen LogP contribution < -0.4 is 5.32 Å². The molecule has 3 amide bonds. The van der Waals surface area contributed by atoms with Gasteiger partial charge in [0.15, 0.2) is 0 Å². The molecule has 0 bridgehead atoms. The van der Waals surface area contributed by atoms with E-state index in [2.05, 4.69) is 16.8 Å². The van der Waals surface area contributed by atoms with Crippen LogP contribution in [0.2, 0.25) is 0 Å². The molecule has 3 aliphatic heterocycles. The number of urea groups is 1. The molecule has 4 rings (SSSR count). The van der Waals surface area contributed by atoms with E-state index in [4.69, 9.17) is 4.74 Å². The Morgan fingerprint density at radius 2 is 2.11 bits per heavy atom. The summed E-state index contributed by atoms with van der Waals surface area (Å²) in [6.45, 7) is 9.37. The molecule has 1 saturated heterocycles. The lowest BCUT2D eigenvalue weighted by molar-refractivity contribution is -0.126. The molecule has 1 atom stereocenters.